The van der Waals surface area contributed by atoms with Gasteiger partial charge in [-0.25, -0.2) is 17.6 Å². The number of hydrogen-bond donors (Lipinski definition) is 4. The lowest BCUT2D eigenvalue weighted by Crippen LogP contribution is -2.46. The Morgan fingerprint density at radius 1 is 1.39 bits per heavy atom. The fourth-order valence-electron chi connectivity index (χ4n) is 3.91. The Labute approximate surface area is 187 Å². The summed E-state index contributed by atoms with van der Waals surface area (Å²) in [6.45, 7) is 0.798. The Balaban J connectivity index is 1.95. The first-order valence-corrected chi connectivity index (χ1v) is 11.9. The number of aliphatic hydroxyl groups is 2. The third-order valence-electron chi connectivity index (χ3n) is 5.62. The number of benzene rings is 1. The lowest BCUT2D eigenvalue weighted by Gasteiger charge is -2.34. The van der Waals surface area contributed by atoms with Gasteiger partial charge in [-0.3, -0.25) is 4.72 Å². The van der Waals surface area contributed by atoms with Crippen molar-refractivity contribution in [3.8, 4) is 0 Å². The number of carboxylic acids is 1. The lowest BCUT2D eigenvalue weighted by molar-refractivity contribution is -0.171. The predicted octanol–water partition coefficient (Wildman–Crippen LogP) is 1.75. The topological polar surface area (TPSA) is 142 Å². The number of aliphatic hydroxyl groups excluding tert-OH is 2. The molecule has 1 aromatic carbocycles. The Morgan fingerprint density at radius 2 is 2.10 bits per heavy atom. The Morgan fingerprint density at radius 3 is 2.61 bits per heavy atom. The molecule has 172 valence electrons. The highest BCUT2D eigenvalue weighted by molar-refractivity contribution is 9.10. The zero-order chi connectivity index (χ0) is 23.0. The number of sulfonamides is 1. The molecule has 1 spiro atoms. The van der Waals surface area contributed by atoms with Crippen molar-refractivity contribution in [3.63, 3.8) is 0 Å². The van der Waals surface area contributed by atoms with Crippen LogP contribution in [-0.4, -0.2) is 65.7 Å². The first kappa shape index (κ1) is 24.1. The second kappa shape index (κ2) is 8.75. The Bertz CT molecular complexity index is 997. The van der Waals surface area contributed by atoms with E-state index in [1.165, 1.54) is 6.07 Å². The molecule has 0 saturated carbocycles. The minimum absolute atomic E-state index is 0.0157. The van der Waals surface area contributed by atoms with Gasteiger partial charge in [-0.05, 0) is 53.0 Å². The smallest absolute Gasteiger partial charge is 0.332 e. The number of halogens is 2. The molecule has 2 aliphatic rings. The molecule has 4 N–H and O–H groups in total. The number of nitrogens with one attached hydrogen (secondary N) is 1. The summed E-state index contributed by atoms with van der Waals surface area (Å²) >= 11 is 3.07. The minimum atomic E-state index is -4.23. The summed E-state index contributed by atoms with van der Waals surface area (Å²) in [6, 6.07) is 3.37. The molecule has 0 amide bonds. The minimum Gasteiger partial charge on any atom is -0.478 e. The Kier molecular flexibility index (Phi) is 6.80. The molecule has 1 aliphatic carbocycles. The van der Waals surface area contributed by atoms with Crippen LogP contribution in [0.15, 0.2) is 34.3 Å². The van der Waals surface area contributed by atoms with E-state index in [4.69, 9.17) is 9.47 Å². The molecule has 1 heterocycles. The molecule has 1 aliphatic heterocycles. The highest BCUT2D eigenvalue weighted by Crippen LogP contribution is 2.46. The molecule has 9 nitrogen and oxygen atoms in total. The van der Waals surface area contributed by atoms with Crippen molar-refractivity contribution in [2.75, 3.05) is 17.9 Å². The van der Waals surface area contributed by atoms with Crippen LogP contribution < -0.4 is 4.72 Å². The molecule has 1 saturated heterocycles. The molecule has 31 heavy (non-hydrogen) atoms. The van der Waals surface area contributed by atoms with Crippen molar-refractivity contribution >= 4 is 37.6 Å². The van der Waals surface area contributed by atoms with Crippen LogP contribution in [0.1, 0.15) is 26.2 Å². The van der Waals surface area contributed by atoms with E-state index in [2.05, 4.69) is 20.7 Å². The average molecular weight is 524 g/mol. The van der Waals surface area contributed by atoms with Gasteiger partial charge in [0.05, 0.1) is 24.5 Å². The number of aliphatic carboxylic acids is 1. The second-order valence-electron chi connectivity index (χ2n) is 7.48. The lowest BCUT2D eigenvalue weighted by atomic mass is 9.93. The zero-order valence-electron chi connectivity index (χ0n) is 16.5. The molecule has 0 radical (unpaired) electrons. The molecular weight excluding hydrogens is 501 g/mol. The van der Waals surface area contributed by atoms with Crippen LogP contribution in [0, 0.1) is 5.82 Å². The number of carbonyl (C=O) groups is 1. The van der Waals surface area contributed by atoms with Gasteiger partial charge in [0.15, 0.2) is 5.79 Å². The van der Waals surface area contributed by atoms with Crippen LogP contribution in [-0.2, 0) is 24.3 Å². The third kappa shape index (κ3) is 4.50. The van der Waals surface area contributed by atoms with E-state index in [0.717, 1.165) is 18.2 Å². The molecule has 0 bridgehead atoms. The Hall–Kier alpha value is -1.57. The predicted molar refractivity (Wildman–Crippen MR) is 111 cm³/mol. The van der Waals surface area contributed by atoms with Gasteiger partial charge in [-0.15, -0.1) is 0 Å². The van der Waals surface area contributed by atoms with Crippen molar-refractivity contribution in [2.24, 2.45) is 0 Å². The van der Waals surface area contributed by atoms with E-state index in [9.17, 15) is 32.9 Å². The van der Waals surface area contributed by atoms with Gasteiger partial charge in [0.1, 0.15) is 22.8 Å². The summed E-state index contributed by atoms with van der Waals surface area (Å²) in [5.41, 5.74) is -1.64. The van der Waals surface area contributed by atoms with Crippen molar-refractivity contribution < 1.29 is 42.4 Å². The van der Waals surface area contributed by atoms with Crippen LogP contribution in [0.5, 0.6) is 0 Å². The maximum absolute atomic E-state index is 13.3. The highest BCUT2D eigenvalue weighted by Gasteiger charge is 2.57. The van der Waals surface area contributed by atoms with E-state index in [0.29, 0.717) is 0 Å². The molecule has 1 fully saturated rings. The average Bonchev–Trinajstić information content (AvgIpc) is 3.03. The maximum atomic E-state index is 13.3. The maximum Gasteiger partial charge on any atom is 0.332 e. The number of ether oxygens (including phenoxy) is 2. The monoisotopic (exact) mass is 523 g/mol. The zero-order valence-corrected chi connectivity index (χ0v) is 18.9. The summed E-state index contributed by atoms with van der Waals surface area (Å²) in [5, 5.41) is 27.7. The number of anilines is 1. The summed E-state index contributed by atoms with van der Waals surface area (Å²) < 4.78 is 53.4. The summed E-state index contributed by atoms with van der Waals surface area (Å²) in [4.78, 5) is 11.9. The SMILES string of the molecule is CC[C@]1(CO)OC2(C=C(C(=O)O)C(S(=O)(=O)Nc3ccc(F)cc3Br)CC2)O[C@@H]1CO. The van der Waals surface area contributed by atoms with Gasteiger partial charge in [-0.2, -0.15) is 0 Å². The fraction of sp³-hybridized carbons (Fsp3) is 0.526. The molecule has 4 atom stereocenters. The first-order valence-electron chi connectivity index (χ1n) is 9.54. The third-order valence-corrected chi connectivity index (χ3v) is 8.02. The largest absolute Gasteiger partial charge is 0.478 e. The highest BCUT2D eigenvalue weighted by atomic mass is 79.9. The summed E-state index contributed by atoms with van der Waals surface area (Å²) in [5.74, 6) is -3.63. The van der Waals surface area contributed by atoms with E-state index in [1.54, 1.807) is 6.92 Å². The van der Waals surface area contributed by atoms with Crippen molar-refractivity contribution in [1.29, 1.82) is 0 Å². The van der Waals surface area contributed by atoms with E-state index in [-0.39, 0.29) is 29.4 Å². The van der Waals surface area contributed by atoms with E-state index in [1.807, 2.05) is 0 Å². The molecule has 0 aromatic heterocycles. The molecule has 12 heteroatoms. The second-order valence-corrected chi connectivity index (χ2v) is 10.2. The normalized spacial score (nSPS) is 30.9. The van der Waals surface area contributed by atoms with Gasteiger partial charge >= 0.3 is 5.97 Å². The quantitative estimate of drug-likeness (QED) is 0.423. The van der Waals surface area contributed by atoms with Gasteiger partial charge in [0, 0.05) is 10.9 Å². The standard InChI is InChI=1S/C19H23BrFNO8S/c1-2-18(10-24)16(9-23)29-19(30-18)6-5-15(12(8-19)17(25)26)31(27,28)22-14-4-3-11(21)7-13(14)20/h3-4,7-8,15-16,22-24H,2,5-6,9-10H2,1H3,(H,25,26)/t15?,16-,18-,19?/m1/s1. The summed E-state index contributed by atoms with van der Waals surface area (Å²) in [6.07, 6.45) is 0.302. The van der Waals surface area contributed by atoms with E-state index < -0.39 is 63.3 Å². The molecule has 2 unspecified atom stereocenters. The van der Waals surface area contributed by atoms with E-state index >= 15 is 0 Å². The van der Waals surface area contributed by atoms with Gasteiger partial charge < -0.3 is 24.8 Å². The van der Waals surface area contributed by atoms with Crippen LogP contribution in [0.2, 0.25) is 0 Å². The van der Waals surface area contributed by atoms with Crippen LogP contribution in [0.3, 0.4) is 0 Å². The van der Waals surface area contributed by atoms with Crippen molar-refractivity contribution in [1.82, 2.24) is 0 Å². The van der Waals surface area contributed by atoms with Crippen molar-refractivity contribution in [3.05, 3.63) is 40.1 Å². The number of carboxylic acid groups (broad SMARTS) is 1. The first-order chi connectivity index (χ1) is 14.5. The van der Waals surface area contributed by atoms with Gasteiger partial charge in [-0.1, -0.05) is 6.92 Å². The van der Waals surface area contributed by atoms with Crippen LogP contribution >= 0.6 is 15.9 Å². The summed E-state index contributed by atoms with van der Waals surface area (Å²) in [7, 11) is -4.23. The molecular formula is C19H23BrFNO8S. The number of rotatable bonds is 7. The van der Waals surface area contributed by atoms with Crippen LogP contribution in [0.4, 0.5) is 10.1 Å². The van der Waals surface area contributed by atoms with Crippen molar-refractivity contribution in [2.45, 2.75) is 48.9 Å². The van der Waals surface area contributed by atoms with Gasteiger partial charge in [0.25, 0.3) is 0 Å². The molecule has 1 aromatic rings. The molecule has 3 rings (SSSR count). The van der Waals surface area contributed by atoms with Gasteiger partial charge in [0.2, 0.25) is 10.0 Å². The number of hydrogen-bond acceptors (Lipinski definition) is 7. The van der Waals surface area contributed by atoms with Crippen LogP contribution in [0.25, 0.3) is 0 Å². The fourth-order valence-corrected chi connectivity index (χ4v) is 6.05.